The van der Waals surface area contributed by atoms with Gasteiger partial charge in [-0.3, -0.25) is 14.5 Å². The average molecular weight is 668 g/mol. The Labute approximate surface area is 281 Å². The number of nitrogens with one attached hydrogen (secondary N) is 1. The number of carbonyl (C=O) groups excluding carboxylic acids is 2. The SMILES string of the molecule is CCCOc1ccc(NC(=O)CC2C(=O)N(c3ccc(Cl)c(Cl)c3)C(=S)N2CCCN2CCC(Cc3ccccc3)CC2)cc1. The smallest absolute Gasteiger partial charge is 0.256 e. The second kappa shape index (κ2) is 15.9. The summed E-state index contributed by atoms with van der Waals surface area (Å²) in [4.78, 5) is 32.9. The zero-order valence-electron chi connectivity index (χ0n) is 25.6. The van der Waals surface area contributed by atoms with Gasteiger partial charge in [-0.15, -0.1) is 0 Å². The van der Waals surface area contributed by atoms with Gasteiger partial charge in [-0.2, -0.15) is 0 Å². The number of thiocarbonyl (C=S) groups is 1. The molecule has 1 unspecified atom stereocenters. The van der Waals surface area contributed by atoms with E-state index in [-0.39, 0.29) is 18.2 Å². The Bertz CT molecular complexity index is 1470. The molecule has 5 rings (SSSR count). The summed E-state index contributed by atoms with van der Waals surface area (Å²) < 4.78 is 5.64. The fourth-order valence-electron chi connectivity index (χ4n) is 6.02. The molecular formula is C35H40Cl2N4O3S. The third-order valence-corrected chi connectivity index (χ3v) is 9.57. The van der Waals surface area contributed by atoms with Crippen LogP contribution in [0.2, 0.25) is 10.0 Å². The Morgan fingerprint density at radius 2 is 1.71 bits per heavy atom. The third kappa shape index (κ3) is 8.76. The van der Waals surface area contributed by atoms with Crippen LogP contribution < -0.4 is 15.0 Å². The summed E-state index contributed by atoms with van der Waals surface area (Å²) in [5.41, 5.74) is 2.58. The molecule has 2 saturated heterocycles. The predicted molar refractivity (Wildman–Crippen MR) is 186 cm³/mol. The molecule has 0 bridgehead atoms. The molecule has 1 N–H and O–H groups in total. The Hall–Kier alpha value is -3.17. The average Bonchev–Trinajstić information content (AvgIpc) is 3.27. The fourth-order valence-corrected chi connectivity index (χ4v) is 6.72. The van der Waals surface area contributed by atoms with Crippen molar-refractivity contribution in [3.05, 3.63) is 88.4 Å². The molecule has 45 heavy (non-hydrogen) atoms. The van der Waals surface area contributed by atoms with Gasteiger partial charge in [-0.25, -0.2) is 0 Å². The number of piperidine rings is 1. The van der Waals surface area contributed by atoms with Crippen LogP contribution in [0.5, 0.6) is 5.75 Å². The van der Waals surface area contributed by atoms with Crippen molar-refractivity contribution in [1.82, 2.24) is 9.80 Å². The third-order valence-electron chi connectivity index (χ3n) is 8.42. The molecule has 2 aliphatic heterocycles. The van der Waals surface area contributed by atoms with Crippen molar-refractivity contribution in [2.24, 2.45) is 5.92 Å². The summed E-state index contributed by atoms with van der Waals surface area (Å²) in [6.07, 6.45) is 5.19. The van der Waals surface area contributed by atoms with Crippen LogP contribution >= 0.6 is 35.4 Å². The quantitative estimate of drug-likeness (QED) is 0.191. The lowest BCUT2D eigenvalue weighted by atomic mass is 9.90. The van der Waals surface area contributed by atoms with Crippen molar-refractivity contribution >= 4 is 63.7 Å². The summed E-state index contributed by atoms with van der Waals surface area (Å²) >= 11 is 18.3. The molecule has 0 saturated carbocycles. The van der Waals surface area contributed by atoms with Crippen molar-refractivity contribution in [2.75, 3.05) is 43.0 Å². The van der Waals surface area contributed by atoms with Gasteiger partial charge in [-0.1, -0.05) is 60.5 Å². The van der Waals surface area contributed by atoms with Crippen LogP contribution in [0.4, 0.5) is 11.4 Å². The van der Waals surface area contributed by atoms with Crippen LogP contribution in [-0.2, 0) is 16.0 Å². The number of ether oxygens (including phenoxy) is 1. The van der Waals surface area contributed by atoms with Gasteiger partial charge in [0.2, 0.25) is 5.91 Å². The Morgan fingerprint density at radius 3 is 2.40 bits per heavy atom. The van der Waals surface area contributed by atoms with Gasteiger partial charge in [0.1, 0.15) is 11.8 Å². The Balaban J connectivity index is 1.21. The summed E-state index contributed by atoms with van der Waals surface area (Å²) in [7, 11) is 0. The minimum atomic E-state index is -0.726. The van der Waals surface area contributed by atoms with Gasteiger partial charge in [0.25, 0.3) is 5.91 Å². The first-order valence-corrected chi connectivity index (χ1v) is 16.9. The van der Waals surface area contributed by atoms with Crippen LogP contribution in [-0.4, -0.2) is 65.6 Å². The number of nitrogens with zero attached hydrogens (tertiary/aromatic N) is 3. The molecule has 2 fully saturated rings. The lowest BCUT2D eigenvalue weighted by molar-refractivity contribution is -0.124. The highest BCUT2D eigenvalue weighted by Crippen LogP contribution is 2.32. The van der Waals surface area contributed by atoms with Crippen molar-refractivity contribution in [3.8, 4) is 5.75 Å². The van der Waals surface area contributed by atoms with Gasteiger partial charge < -0.3 is 19.9 Å². The number of hydrogen-bond acceptors (Lipinski definition) is 5. The highest BCUT2D eigenvalue weighted by atomic mass is 35.5. The minimum Gasteiger partial charge on any atom is -0.494 e. The van der Waals surface area contributed by atoms with Gasteiger partial charge >= 0.3 is 0 Å². The fraction of sp³-hybridized carbons (Fsp3) is 0.400. The van der Waals surface area contributed by atoms with E-state index in [0.29, 0.717) is 45.6 Å². The molecule has 2 aliphatic rings. The van der Waals surface area contributed by atoms with E-state index in [0.717, 1.165) is 44.6 Å². The number of likely N-dealkylation sites (tertiary alicyclic amines) is 1. The van der Waals surface area contributed by atoms with E-state index in [9.17, 15) is 9.59 Å². The molecule has 2 heterocycles. The predicted octanol–water partition coefficient (Wildman–Crippen LogP) is 7.46. The monoisotopic (exact) mass is 666 g/mol. The molecule has 10 heteroatoms. The maximum atomic E-state index is 13.8. The van der Waals surface area contributed by atoms with Crippen LogP contribution in [0, 0.1) is 5.92 Å². The number of hydrogen-bond donors (Lipinski definition) is 1. The first-order valence-electron chi connectivity index (χ1n) is 15.7. The van der Waals surface area contributed by atoms with Crippen molar-refractivity contribution < 1.29 is 14.3 Å². The molecule has 3 aromatic rings. The maximum absolute atomic E-state index is 13.8. The van der Waals surface area contributed by atoms with Crippen LogP contribution in [0.1, 0.15) is 44.6 Å². The van der Waals surface area contributed by atoms with Crippen molar-refractivity contribution in [2.45, 2.75) is 51.5 Å². The van der Waals surface area contributed by atoms with Gasteiger partial charge in [0, 0.05) is 12.2 Å². The molecule has 0 spiro atoms. The van der Waals surface area contributed by atoms with Crippen molar-refractivity contribution in [1.29, 1.82) is 0 Å². The van der Waals surface area contributed by atoms with Gasteiger partial charge in [-0.05, 0) is 118 Å². The van der Waals surface area contributed by atoms with E-state index < -0.39 is 6.04 Å². The number of rotatable bonds is 13. The minimum absolute atomic E-state index is 0.0320. The van der Waals surface area contributed by atoms with Crippen LogP contribution in [0.3, 0.4) is 0 Å². The van der Waals surface area contributed by atoms with Crippen LogP contribution in [0.15, 0.2) is 72.8 Å². The van der Waals surface area contributed by atoms with E-state index >= 15 is 0 Å². The first kappa shape index (κ1) is 33.2. The zero-order chi connectivity index (χ0) is 31.8. The van der Waals surface area contributed by atoms with E-state index in [1.54, 1.807) is 30.3 Å². The largest absolute Gasteiger partial charge is 0.494 e. The molecule has 238 valence electrons. The topological polar surface area (TPSA) is 65.1 Å². The molecule has 7 nitrogen and oxygen atoms in total. The number of benzene rings is 3. The second-order valence-electron chi connectivity index (χ2n) is 11.7. The normalized spacial score (nSPS) is 17.6. The number of carbonyl (C=O) groups is 2. The Kier molecular flexibility index (Phi) is 11.7. The van der Waals surface area contributed by atoms with E-state index in [1.807, 2.05) is 24.0 Å². The second-order valence-corrected chi connectivity index (χ2v) is 12.9. The number of halogens is 2. The molecule has 0 radical (unpaired) electrons. The molecular weight excluding hydrogens is 627 g/mol. The van der Waals surface area contributed by atoms with Gasteiger partial charge in [0.05, 0.1) is 28.8 Å². The first-order chi connectivity index (χ1) is 21.8. The van der Waals surface area contributed by atoms with Crippen LogP contribution in [0.25, 0.3) is 0 Å². The van der Waals surface area contributed by atoms with E-state index in [4.69, 9.17) is 40.2 Å². The molecule has 1 atom stereocenters. The lowest BCUT2D eigenvalue weighted by Gasteiger charge is -2.33. The zero-order valence-corrected chi connectivity index (χ0v) is 27.9. The lowest BCUT2D eigenvalue weighted by Crippen LogP contribution is -2.40. The number of anilines is 2. The summed E-state index contributed by atoms with van der Waals surface area (Å²) in [6, 6.07) is 22.2. The Morgan fingerprint density at radius 1 is 0.978 bits per heavy atom. The maximum Gasteiger partial charge on any atom is 0.256 e. The molecule has 3 aromatic carbocycles. The van der Waals surface area contributed by atoms with Gasteiger partial charge in [0.15, 0.2) is 5.11 Å². The molecule has 2 amide bonds. The highest BCUT2D eigenvalue weighted by molar-refractivity contribution is 7.80. The summed E-state index contributed by atoms with van der Waals surface area (Å²) in [6.45, 7) is 6.27. The standard InChI is InChI=1S/C35H40Cl2N4O3S/c1-2-21-44-29-12-9-27(10-13-29)38-33(42)24-32-34(43)41(28-11-14-30(36)31(37)23-28)35(45)40(32)18-6-17-39-19-15-26(16-20-39)22-25-7-4-3-5-8-25/h3-5,7-14,23,26,32H,2,6,15-22,24H2,1H3,(H,38,42). The van der Waals surface area contributed by atoms with Crippen molar-refractivity contribution in [3.63, 3.8) is 0 Å². The molecule has 0 aromatic heterocycles. The van der Waals surface area contributed by atoms with E-state index in [1.165, 1.54) is 23.3 Å². The highest BCUT2D eigenvalue weighted by Gasteiger charge is 2.44. The summed E-state index contributed by atoms with van der Waals surface area (Å²) in [5, 5.41) is 4.02. The number of amides is 2. The molecule has 0 aliphatic carbocycles. The van der Waals surface area contributed by atoms with E-state index in [2.05, 4.69) is 40.5 Å². The summed E-state index contributed by atoms with van der Waals surface area (Å²) in [5.74, 6) is 0.934.